The van der Waals surface area contributed by atoms with Crippen LogP contribution < -0.4 is 10.5 Å². The summed E-state index contributed by atoms with van der Waals surface area (Å²) in [6.45, 7) is 7.40. The molecule has 2 atom stereocenters. The monoisotopic (exact) mass is 263 g/mol. The van der Waals surface area contributed by atoms with Gasteiger partial charge in [0, 0.05) is 11.6 Å². The molecule has 1 aromatic rings. The highest BCUT2D eigenvalue weighted by molar-refractivity contribution is 5.35. The van der Waals surface area contributed by atoms with Crippen LogP contribution in [0.2, 0.25) is 0 Å². The molecule has 108 valence electrons. The predicted octanol–water partition coefficient (Wildman–Crippen LogP) is 4.69. The molecular formula is C17H29NO. The summed E-state index contributed by atoms with van der Waals surface area (Å²) >= 11 is 0. The number of hydrogen-bond acceptors (Lipinski definition) is 2. The van der Waals surface area contributed by atoms with E-state index in [0.29, 0.717) is 5.92 Å². The minimum absolute atomic E-state index is 0.0759. The van der Waals surface area contributed by atoms with Crippen LogP contribution in [0.25, 0.3) is 0 Å². The summed E-state index contributed by atoms with van der Waals surface area (Å²) < 4.78 is 6.03. The molecule has 0 aliphatic rings. The number of nitrogens with two attached hydrogens (primary N) is 1. The van der Waals surface area contributed by atoms with Gasteiger partial charge in [-0.05, 0) is 24.8 Å². The van der Waals surface area contributed by atoms with E-state index in [1.807, 2.05) is 18.2 Å². The molecule has 0 bridgehead atoms. The van der Waals surface area contributed by atoms with Crippen LogP contribution >= 0.6 is 0 Å². The Morgan fingerprint density at radius 3 is 2.47 bits per heavy atom. The zero-order valence-corrected chi connectivity index (χ0v) is 12.7. The predicted molar refractivity (Wildman–Crippen MR) is 82.5 cm³/mol. The van der Waals surface area contributed by atoms with Gasteiger partial charge >= 0.3 is 0 Å². The van der Waals surface area contributed by atoms with E-state index >= 15 is 0 Å². The molecule has 0 heterocycles. The molecule has 19 heavy (non-hydrogen) atoms. The zero-order chi connectivity index (χ0) is 14.1. The fraction of sp³-hybridized carbons (Fsp3) is 0.647. The highest BCUT2D eigenvalue weighted by Crippen LogP contribution is 2.26. The second-order valence-corrected chi connectivity index (χ2v) is 5.28. The van der Waals surface area contributed by atoms with E-state index in [4.69, 9.17) is 10.5 Å². The Kier molecular flexibility index (Phi) is 7.57. The van der Waals surface area contributed by atoms with Gasteiger partial charge in [0.05, 0.1) is 6.61 Å². The lowest BCUT2D eigenvalue weighted by Crippen LogP contribution is -2.15. The zero-order valence-electron chi connectivity index (χ0n) is 12.7. The first kappa shape index (κ1) is 16.0. The summed E-state index contributed by atoms with van der Waals surface area (Å²) in [4.78, 5) is 0. The molecule has 0 radical (unpaired) electrons. The first-order valence-corrected chi connectivity index (χ1v) is 7.70. The SMILES string of the molecule is CCCCC(CC)COc1ccccc1[C@@H](N)CC. The highest BCUT2D eigenvalue weighted by Gasteiger charge is 2.12. The number of unbranched alkanes of at least 4 members (excludes halogenated alkanes) is 1. The summed E-state index contributed by atoms with van der Waals surface area (Å²) in [6.07, 6.45) is 5.93. The summed E-state index contributed by atoms with van der Waals surface area (Å²) in [7, 11) is 0. The Balaban J connectivity index is 2.61. The molecule has 0 aromatic heterocycles. The third-order valence-corrected chi connectivity index (χ3v) is 3.78. The van der Waals surface area contributed by atoms with Crippen LogP contribution in [0.3, 0.4) is 0 Å². The Morgan fingerprint density at radius 1 is 1.11 bits per heavy atom. The Bertz CT molecular complexity index is 351. The van der Waals surface area contributed by atoms with Gasteiger partial charge in [-0.3, -0.25) is 0 Å². The van der Waals surface area contributed by atoms with Gasteiger partial charge in [-0.25, -0.2) is 0 Å². The molecule has 1 aromatic carbocycles. The van der Waals surface area contributed by atoms with E-state index in [1.165, 1.54) is 25.7 Å². The van der Waals surface area contributed by atoms with Gasteiger partial charge in [-0.2, -0.15) is 0 Å². The quantitative estimate of drug-likeness (QED) is 0.701. The van der Waals surface area contributed by atoms with E-state index in [9.17, 15) is 0 Å². The van der Waals surface area contributed by atoms with Gasteiger partial charge in [0.15, 0.2) is 0 Å². The number of rotatable bonds is 9. The maximum absolute atomic E-state index is 6.13. The largest absolute Gasteiger partial charge is 0.493 e. The minimum atomic E-state index is 0.0759. The number of benzene rings is 1. The van der Waals surface area contributed by atoms with Crippen molar-refractivity contribution >= 4 is 0 Å². The molecule has 0 saturated heterocycles. The lowest BCUT2D eigenvalue weighted by atomic mass is 10.0. The van der Waals surface area contributed by atoms with Crippen molar-refractivity contribution in [3.63, 3.8) is 0 Å². The van der Waals surface area contributed by atoms with Crippen molar-refractivity contribution in [2.45, 2.75) is 58.9 Å². The van der Waals surface area contributed by atoms with E-state index in [-0.39, 0.29) is 6.04 Å². The molecule has 0 amide bonds. The molecule has 1 rings (SSSR count). The van der Waals surface area contributed by atoms with Gasteiger partial charge < -0.3 is 10.5 Å². The maximum atomic E-state index is 6.13. The minimum Gasteiger partial charge on any atom is -0.493 e. The van der Waals surface area contributed by atoms with Crippen LogP contribution in [-0.2, 0) is 0 Å². The van der Waals surface area contributed by atoms with Crippen molar-refractivity contribution in [2.24, 2.45) is 11.7 Å². The standard InChI is InChI=1S/C17H29NO/c1-4-7-10-14(5-2)13-19-17-12-9-8-11-15(17)16(18)6-3/h8-9,11-12,14,16H,4-7,10,13,18H2,1-3H3/t14?,16-/m0/s1. The van der Waals surface area contributed by atoms with Gasteiger partial charge in [0.2, 0.25) is 0 Å². The number of para-hydroxylation sites is 1. The van der Waals surface area contributed by atoms with E-state index < -0.39 is 0 Å². The maximum Gasteiger partial charge on any atom is 0.124 e. The summed E-state index contributed by atoms with van der Waals surface area (Å²) in [6, 6.07) is 8.25. The molecule has 2 nitrogen and oxygen atoms in total. The smallest absolute Gasteiger partial charge is 0.124 e. The molecule has 0 aliphatic heterocycles. The normalized spacial score (nSPS) is 14.1. The lowest BCUT2D eigenvalue weighted by molar-refractivity contribution is 0.230. The first-order chi connectivity index (χ1) is 9.22. The van der Waals surface area contributed by atoms with E-state index in [2.05, 4.69) is 26.8 Å². The fourth-order valence-electron chi connectivity index (χ4n) is 2.24. The molecule has 0 saturated carbocycles. The first-order valence-electron chi connectivity index (χ1n) is 7.70. The highest BCUT2D eigenvalue weighted by atomic mass is 16.5. The lowest BCUT2D eigenvalue weighted by Gasteiger charge is -2.19. The van der Waals surface area contributed by atoms with E-state index in [0.717, 1.165) is 24.3 Å². The van der Waals surface area contributed by atoms with Crippen molar-refractivity contribution in [1.82, 2.24) is 0 Å². The third-order valence-electron chi connectivity index (χ3n) is 3.78. The van der Waals surface area contributed by atoms with Gasteiger partial charge in [-0.15, -0.1) is 0 Å². The van der Waals surface area contributed by atoms with Crippen LogP contribution in [0.15, 0.2) is 24.3 Å². The second kappa shape index (κ2) is 8.98. The van der Waals surface area contributed by atoms with Crippen molar-refractivity contribution in [1.29, 1.82) is 0 Å². The van der Waals surface area contributed by atoms with Crippen molar-refractivity contribution < 1.29 is 4.74 Å². The third kappa shape index (κ3) is 5.23. The van der Waals surface area contributed by atoms with Crippen LogP contribution in [0.5, 0.6) is 5.75 Å². The number of ether oxygens (including phenoxy) is 1. The van der Waals surface area contributed by atoms with Gasteiger partial charge in [-0.1, -0.05) is 58.2 Å². The average molecular weight is 263 g/mol. The van der Waals surface area contributed by atoms with Crippen LogP contribution in [-0.4, -0.2) is 6.61 Å². The Morgan fingerprint density at radius 2 is 1.84 bits per heavy atom. The summed E-state index contributed by atoms with van der Waals surface area (Å²) in [5, 5.41) is 0. The molecule has 1 unspecified atom stereocenters. The second-order valence-electron chi connectivity index (χ2n) is 5.28. The molecule has 2 heteroatoms. The molecule has 0 spiro atoms. The van der Waals surface area contributed by atoms with Gasteiger partial charge in [0.25, 0.3) is 0 Å². The Hall–Kier alpha value is -1.02. The van der Waals surface area contributed by atoms with Crippen molar-refractivity contribution in [3.05, 3.63) is 29.8 Å². The molecule has 0 aliphatic carbocycles. The van der Waals surface area contributed by atoms with Crippen LogP contribution in [0.1, 0.15) is 64.5 Å². The summed E-state index contributed by atoms with van der Waals surface area (Å²) in [5.41, 5.74) is 7.27. The molecular weight excluding hydrogens is 234 g/mol. The average Bonchev–Trinajstić information content (AvgIpc) is 2.47. The molecule has 2 N–H and O–H groups in total. The number of hydrogen-bond donors (Lipinski definition) is 1. The topological polar surface area (TPSA) is 35.2 Å². The van der Waals surface area contributed by atoms with Crippen molar-refractivity contribution in [2.75, 3.05) is 6.61 Å². The van der Waals surface area contributed by atoms with Crippen LogP contribution in [0.4, 0.5) is 0 Å². The summed E-state index contributed by atoms with van der Waals surface area (Å²) in [5.74, 6) is 1.62. The van der Waals surface area contributed by atoms with Crippen LogP contribution in [0, 0.1) is 5.92 Å². The van der Waals surface area contributed by atoms with E-state index in [1.54, 1.807) is 0 Å². The van der Waals surface area contributed by atoms with Crippen molar-refractivity contribution in [3.8, 4) is 5.75 Å². The molecule has 0 fully saturated rings. The fourth-order valence-corrected chi connectivity index (χ4v) is 2.24. The van der Waals surface area contributed by atoms with Gasteiger partial charge in [0.1, 0.15) is 5.75 Å². The Labute approximate surface area is 118 Å².